The van der Waals surface area contributed by atoms with Crippen LogP contribution in [0.15, 0.2) is 32.6 Å². The van der Waals surface area contributed by atoms with Crippen LogP contribution in [0, 0.1) is 0 Å². The highest BCUT2D eigenvalue weighted by Gasteiger charge is 2.20. The molecule has 2 aromatic rings. The molecule has 0 aromatic carbocycles. The topological polar surface area (TPSA) is 97.4 Å². The zero-order chi connectivity index (χ0) is 17.6. The Morgan fingerprint density at radius 2 is 2.24 bits per heavy atom. The van der Waals surface area contributed by atoms with E-state index in [1.165, 1.54) is 11.8 Å². The number of furan rings is 1. The molecule has 0 saturated heterocycles. The van der Waals surface area contributed by atoms with Crippen LogP contribution >= 0.6 is 11.8 Å². The Bertz CT molecular complexity index is 786. The van der Waals surface area contributed by atoms with Gasteiger partial charge in [-0.05, 0) is 37.8 Å². The van der Waals surface area contributed by atoms with Crippen molar-refractivity contribution < 1.29 is 14.3 Å². The molecule has 0 saturated carbocycles. The average Bonchev–Trinajstić information content (AvgIpc) is 3.14. The van der Waals surface area contributed by atoms with Gasteiger partial charge in [0, 0.05) is 11.3 Å². The number of nitrogens with one attached hydrogen (secondary N) is 1. The van der Waals surface area contributed by atoms with Crippen molar-refractivity contribution in [1.82, 2.24) is 14.9 Å². The first-order chi connectivity index (χ1) is 12.2. The minimum Gasteiger partial charge on any atom is -0.467 e. The summed E-state index contributed by atoms with van der Waals surface area (Å²) in [4.78, 5) is 28.4. The second-order valence-electron chi connectivity index (χ2n) is 5.85. The van der Waals surface area contributed by atoms with Crippen molar-refractivity contribution in [2.75, 3.05) is 12.4 Å². The van der Waals surface area contributed by atoms with Crippen molar-refractivity contribution in [2.45, 2.75) is 43.8 Å². The summed E-state index contributed by atoms with van der Waals surface area (Å²) in [6.45, 7) is 0.522. The van der Waals surface area contributed by atoms with E-state index in [2.05, 4.69) is 10.3 Å². The van der Waals surface area contributed by atoms with Crippen molar-refractivity contribution in [2.24, 2.45) is 0 Å². The van der Waals surface area contributed by atoms with Gasteiger partial charge < -0.3 is 14.8 Å². The Labute approximate surface area is 149 Å². The quantitative estimate of drug-likeness (QED) is 0.565. The number of carbonyl (C=O) groups excluding carboxylic acids is 1. The lowest BCUT2D eigenvalue weighted by Crippen LogP contribution is -2.31. The first-order valence-corrected chi connectivity index (χ1v) is 9.33. The molecule has 0 bridgehead atoms. The number of aromatic nitrogens is 2. The zero-order valence-corrected chi connectivity index (χ0v) is 14.7. The van der Waals surface area contributed by atoms with Crippen molar-refractivity contribution in [3.63, 3.8) is 0 Å². The van der Waals surface area contributed by atoms with Gasteiger partial charge in [-0.1, -0.05) is 11.8 Å². The van der Waals surface area contributed by atoms with E-state index in [1.807, 2.05) is 0 Å². The van der Waals surface area contributed by atoms with Gasteiger partial charge in [-0.2, -0.15) is 4.98 Å². The summed E-state index contributed by atoms with van der Waals surface area (Å²) in [5.41, 5.74) is 1.65. The molecule has 134 valence electrons. The maximum Gasteiger partial charge on any atom is 0.348 e. The Hall–Kier alpha value is -2.06. The smallest absolute Gasteiger partial charge is 0.348 e. The standard InChI is InChI=1S/C17H21N3O4S/c21-8-7-20-14-6-2-1-5-13(14)16(19-17(20)23)25-11-15(22)18-10-12-4-3-9-24-12/h3-4,9,21H,1-2,5-8,10-11H2,(H,18,22). The van der Waals surface area contributed by atoms with Gasteiger partial charge >= 0.3 is 5.69 Å². The van der Waals surface area contributed by atoms with Crippen molar-refractivity contribution in [1.29, 1.82) is 0 Å². The van der Waals surface area contributed by atoms with E-state index in [1.54, 1.807) is 23.0 Å². The average molecular weight is 363 g/mol. The number of nitrogens with zero attached hydrogens (tertiary/aromatic N) is 2. The summed E-state index contributed by atoms with van der Waals surface area (Å²) >= 11 is 1.29. The predicted octanol–water partition coefficient (Wildman–Crippen LogP) is 1.12. The number of hydrogen-bond donors (Lipinski definition) is 2. The van der Waals surface area contributed by atoms with Gasteiger partial charge in [0.05, 0.1) is 31.7 Å². The zero-order valence-electron chi connectivity index (χ0n) is 13.9. The highest BCUT2D eigenvalue weighted by atomic mass is 32.2. The van der Waals surface area contributed by atoms with Crippen molar-refractivity contribution in [3.8, 4) is 0 Å². The summed E-state index contributed by atoms with van der Waals surface area (Å²) in [6, 6.07) is 3.57. The third kappa shape index (κ3) is 4.32. The molecule has 2 heterocycles. The van der Waals surface area contributed by atoms with E-state index in [9.17, 15) is 14.7 Å². The number of thioether (sulfide) groups is 1. The summed E-state index contributed by atoms with van der Waals surface area (Å²) < 4.78 is 6.74. The van der Waals surface area contributed by atoms with Crippen LogP contribution in [0.2, 0.25) is 0 Å². The lowest BCUT2D eigenvalue weighted by atomic mass is 9.97. The van der Waals surface area contributed by atoms with E-state index in [0.717, 1.165) is 36.9 Å². The molecule has 1 amide bonds. The Morgan fingerprint density at radius 3 is 3.00 bits per heavy atom. The summed E-state index contributed by atoms with van der Waals surface area (Å²) in [6.07, 6.45) is 5.30. The SMILES string of the molecule is O=C(CSc1nc(=O)n(CCO)c2c1CCCC2)NCc1ccco1. The van der Waals surface area contributed by atoms with Crippen LogP contribution in [0.25, 0.3) is 0 Å². The molecular formula is C17H21N3O4S. The molecule has 0 atom stereocenters. The fourth-order valence-electron chi connectivity index (χ4n) is 2.98. The second kappa shape index (κ2) is 8.35. The number of aliphatic hydroxyl groups is 1. The van der Waals surface area contributed by atoms with Crippen molar-refractivity contribution >= 4 is 17.7 Å². The summed E-state index contributed by atoms with van der Waals surface area (Å²) in [5.74, 6) is 0.761. The number of carbonyl (C=O) groups is 1. The molecule has 0 spiro atoms. The van der Waals surface area contributed by atoms with Crippen LogP contribution < -0.4 is 11.0 Å². The third-order valence-electron chi connectivity index (χ3n) is 4.15. The number of amides is 1. The molecular weight excluding hydrogens is 342 g/mol. The monoisotopic (exact) mass is 363 g/mol. The summed E-state index contributed by atoms with van der Waals surface area (Å²) in [7, 11) is 0. The highest BCUT2D eigenvalue weighted by Crippen LogP contribution is 2.28. The second-order valence-corrected chi connectivity index (χ2v) is 6.82. The van der Waals surface area contributed by atoms with Crippen LogP contribution in [0.1, 0.15) is 29.9 Å². The molecule has 1 aliphatic carbocycles. The lowest BCUT2D eigenvalue weighted by molar-refractivity contribution is -0.118. The fraction of sp³-hybridized carbons (Fsp3) is 0.471. The van der Waals surface area contributed by atoms with Gasteiger partial charge in [-0.3, -0.25) is 9.36 Å². The molecule has 2 N–H and O–H groups in total. The minimum atomic E-state index is -0.354. The number of aliphatic hydroxyl groups excluding tert-OH is 1. The van der Waals surface area contributed by atoms with E-state index in [-0.39, 0.29) is 30.5 Å². The molecule has 0 aliphatic heterocycles. The number of hydrogen-bond acceptors (Lipinski definition) is 6. The van der Waals surface area contributed by atoms with Crippen LogP contribution in [0.4, 0.5) is 0 Å². The molecule has 0 fully saturated rings. The Kier molecular flexibility index (Phi) is 5.93. The molecule has 0 radical (unpaired) electrons. The van der Waals surface area contributed by atoms with E-state index in [0.29, 0.717) is 17.3 Å². The van der Waals surface area contributed by atoms with Gasteiger partial charge in [0.2, 0.25) is 5.91 Å². The van der Waals surface area contributed by atoms with E-state index < -0.39 is 0 Å². The van der Waals surface area contributed by atoms with Gasteiger partial charge in [0.25, 0.3) is 0 Å². The normalized spacial score (nSPS) is 13.5. The van der Waals surface area contributed by atoms with Crippen molar-refractivity contribution in [3.05, 3.63) is 45.9 Å². The first kappa shape index (κ1) is 17.8. The molecule has 1 aliphatic rings. The third-order valence-corrected chi connectivity index (χ3v) is 5.17. The molecule has 7 nitrogen and oxygen atoms in total. The van der Waals surface area contributed by atoms with Gasteiger partial charge in [-0.15, -0.1) is 0 Å². The predicted molar refractivity (Wildman–Crippen MR) is 93.5 cm³/mol. The van der Waals surface area contributed by atoms with E-state index in [4.69, 9.17) is 4.42 Å². The Morgan fingerprint density at radius 1 is 1.40 bits per heavy atom. The van der Waals surface area contributed by atoms with Gasteiger partial charge in [-0.25, -0.2) is 4.79 Å². The van der Waals surface area contributed by atoms with Gasteiger partial charge in [0.1, 0.15) is 10.8 Å². The highest BCUT2D eigenvalue weighted by molar-refractivity contribution is 7.99. The Balaban J connectivity index is 1.68. The largest absolute Gasteiger partial charge is 0.467 e. The molecule has 25 heavy (non-hydrogen) atoms. The van der Waals surface area contributed by atoms with Crippen LogP contribution in [0.5, 0.6) is 0 Å². The number of rotatable bonds is 7. The fourth-order valence-corrected chi connectivity index (χ4v) is 3.89. The molecule has 3 rings (SSSR count). The molecule has 0 unspecified atom stereocenters. The van der Waals surface area contributed by atoms with E-state index >= 15 is 0 Å². The van der Waals surface area contributed by atoms with Crippen LogP contribution in [-0.2, 0) is 30.7 Å². The minimum absolute atomic E-state index is 0.0876. The first-order valence-electron chi connectivity index (χ1n) is 8.34. The maximum atomic E-state index is 12.2. The molecule has 2 aromatic heterocycles. The van der Waals surface area contributed by atoms with Crippen LogP contribution in [0.3, 0.4) is 0 Å². The maximum absolute atomic E-state index is 12.2. The van der Waals surface area contributed by atoms with Gasteiger partial charge in [0.15, 0.2) is 0 Å². The lowest BCUT2D eigenvalue weighted by Gasteiger charge is -2.22. The van der Waals surface area contributed by atoms with Crippen LogP contribution in [-0.4, -0.2) is 32.9 Å². The summed E-state index contributed by atoms with van der Waals surface area (Å²) in [5, 5.41) is 12.6. The number of fused-ring (bicyclic) bond motifs is 1. The molecule has 8 heteroatoms.